The molecule has 0 saturated heterocycles. The van der Waals surface area contributed by atoms with Crippen LogP contribution in [0, 0.1) is 6.92 Å². The maximum Gasteiger partial charge on any atom is 0.244 e. The van der Waals surface area contributed by atoms with Gasteiger partial charge in [-0.05, 0) is 6.92 Å². The lowest BCUT2D eigenvalue weighted by molar-refractivity contribution is 0.411. The third-order valence-corrected chi connectivity index (χ3v) is 3.86. The lowest BCUT2D eigenvalue weighted by Crippen LogP contribution is -2.23. The van der Waals surface area contributed by atoms with Crippen LogP contribution in [0.5, 0.6) is 0 Å². The van der Waals surface area contributed by atoms with E-state index in [0.717, 1.165) is 0 Å². The van der Waals surface area contributed by atoms with Crippen molar-refractivity contribution in [1.82, 2.24) is 9.88 Å². The molecule has 8 heteroatoms. The number of aromatic nitrogens is 1. The van der Waals surface area contributed by atoms with Crippen molar-refractivity contribution in [2.45, 2.75) is 24.9 Å². The van der Waals surface area contributed by atoms with Crippen LogP contribution in [-0.2, 0) is 23.1 Å². The maximum absolute atomic E-state index is 12.0. The Hall–Kier alpha value is -1.64. The zero-order chi connectivity index (χ0) is 13.2. The first-order chi connectivity index (χ1) is 8.53. The lowest BCUT2D eigenvalue weighted by atomic mass is 10.4. The Bertz CT molecular complexity index is 616. The molecule has 2 aromatic rings. The molecule has 2 rings (SSSR count). The van der Waals surface area contributed by atoms with Crippen molar-refractivity contribution in [2.24, 2.45) is 5.73 Å². The maximum atomic E-state index is 12.0. The molecule has 0 saturated carbocycles. The largest absolute Gasteiger partial charge is 0.464 e. The van der Waals surface area contributed by atoms with E-state index >= 15 is 0 Å². The van der Waals surface area contributed by atoms with Crippen molar-refractivity contribution < 1.29 is 17.4 Å². The summed E-state index contributed by atoms with van der Waals surface area (Å²) in [6, 6.07) is 3.00. The molecule has 0 bridgehead atoms. The first-order valence-corrected chi connectivity index (χ1v) is 6.69. The van der Waals surface area contributed by atoms with Crippen LogP contribution < -0.4 is 10.5 Å². The minimum absolute atomic E-state index is 0.0570. The molecule has 3 N–H and O–H groups in total. The number of hydrogen-bond acceptors (Lipinski definition) is 6. The summed E-state index contributed by atoms with van der Waals surface area (Å²) in [5.41, 5.74) is 5.89. The number of aryl methyl sites for hydroxylation is 1. The quantitative estimate of drug-likeness (QED) is 0.819. The molecule has 0 aliphatic rings. The van der Waals surface area contributed by atoms with E-state index in [1.807, 2.05) is 0 Å². The van der Waals surface area contributed by atoms with E-state index in [2.05, 4.69) is 14.4 Å². The Morgan fingerprint density at radius 1 is 1.50 bits per heavy atom. The van der Waals surface area contributed by atoms with Gasteiger partial charge in [0.2, 0.25) is 10.0 Å². The van der Waals surface area contributed by atoms with Gasteiger partial charge < -0.3 is 14.7 Å². The second kappa shape index (κ2) is 4.92. The summed E-state index contributed by atoms with van der Waals surface area (Å²) in [6.07, 6.45) is 1.37. The number of hydrogen-bond donors (Lipinski definition) is 2. The number of rotatable bonds is 5. The minimum Gasteiger partial charge on any atom is -0.464 e. The summed E-state index contributed by atoms with van der Waals surface area (Å²) in [4.78, 5) is 0.0893. The molecule has 0 radical (unpaired) electrons. The van der Waals surface area contributed by atoms with Crippen LogP contribution in [0.1, 0.15) is 17.2 Å². The van der Waals surface area contributed by atoms with Crippen LogP contribution in [0.3, 0.4) is 0 Å². The molecule has 2 heterocycles. The van der Waals surface area contributed by atoms with E-state index in [9.17, 15) is 8.42 Å². The van der Waals surface area contributed by atoms with Gasteiger partial charge in [0, 0.05) is 12.1 Å². The number of nitrogens with one attached hydrogen (secondary N) is 1. The summed E-state index contributed by atoms with van der Waals surface area (Å²) in [7, 11) is -3.64. The second-order valence-corrected chi connectivity index (χ2v) is 5.39. The molecule has 0 aliphatic heterocycles. The van der Waals surface area contributed by atoms with Gasteiger partial charge in [0.25, 0.3) is 0 Å². The van der Waals surface area contributed by atoms with Gasteiger partial charge in [0.05, 0.1) is 18.8 Å². The molecule has 0 atom stereocenters. The van der Waals surface area contributed by atoms with Crippen molar-refractivity contribution in [3.05, 3.63) is 35.6 Å². The minimum atomic E-state index is -3.64. The summed E-state index contributed by atoms with van der Waals surface area (Å²) in [6.45, 7) is 1.78. The predicted octanol–water partition coefficient (Wildman–Crippen LogP) is 0.513. The van der Waals surface area contributed by atoms with Crippen LogP contribution in [0.2, 0.25) is 0 Å². The highest BCUT2D eigenvalue weighted by atomic mass is 32.2. The van der Waals surface area contributed by atoms with Gasteiger partial charge in [-0.25, -0.2) is 13.1 Å². The van der Waals surface area contributed by atoms with E-state index in [4.69, 9.17) is 10.2 Å². The normalized spacial score (nSPS) is 11.9. The second-order valence-electron chi connectivity index (χ2n) is 3.65. The molecule has 7 nitrogen and oxygen atoms in total. The Balaban J connectivity index is 2.17. The Morgan fingerprint density at radius 2 is 2.28 bits per heavy atom. The standard InChI is InChI=1S/C10H13N3O4S/c1-7-10(4-9(5-11)17-7)18(14,15)12-6-8-2-3-16-13-8/h2-4,12H,5-6,11H2,1H3. The van der Waals surface area contributed by atoms with Crippen LogP contribution in [-0.4, -0.2) is 13.6 Å². The predicted molar refractivity (Wildman–Crippen MR) is 61.9 cm³/mol. The van der Waals surface area contributed by atoms with Gasteiger partial charge in [-0.15, -0.1) is 0 Å². The highest BCUT2D eigenvalue weighted by Crippen LogP contribution is 2.19. The Kier molecular flexibility index (Phi) is 3.50. The van der Waals surface area contributed by atoms with Crippen LogP contribution in [0.25, 0.3) is 0 Å². The van der Waals surface area contributed by atoms with E-state index in [-0.39, 0.29) is 18.0 Å². The van der Waals surface area contributed by atoms with Crippen molar-refractivity contribution >= 4 is 10.0 Å². The monoisotopic (exact) mass is 271 g/mol. The number of nitrogens with two attached hydrogens (primary N) is 1. The van der Waals surface area contributed by atoms with Crippen molar-refractivity contribution in [1.29, 1.82) is 0 Å². The average Bonchev–Trinajstić information content (AvgIpc) is 2.95. The highest BCUT2D eigenvalue weighted by molar-refractivity contribution is 7.89. The van der Waals surface area contributed by atoms with Gasteiger partial charge in [-0.2, -0.15) is 0 Å². The SMILES string of the molecule is Cc1oc(CN)cc1S(=O)(=O)NCc1ccon1. The summed E-state index contributed by atoms with van der Waals surface area (Å²) in [5, 5.41) is 3.61. The van der Waals surface area contributed by atoms with E-state index in [0.29, 0.717) is 17.2 Å². The molecule has 0 unspecified atom stereocenters. The molecule has 98 valence electrons. The third-order valence-electron chi connectivity index (χ3n) is 2.35. The smallest absolute Gasteiger partial charge is 0.244 e. The zero-order valence-electron chi connectivity index (χ0n) is 9.71. The van der Waals surface area contributed by atoms with Crippen molar-refractivity contribution in [3.8, 4) is 0 Å². The van der Waals surface area contributed by atoms with Gasteiger partial charge >= 0.3 is 0 Å². The molecule has 0 aliphatic carbocycles. The number of furan rings is 1. The summed E-state index contributed by atoms with van der Waals surface area (Å²) >= 11 is 0. The molecular formula is C10H13N3O4S. The molecule has 18 heavy (non-hydrogen) atoms. The van der Waals surface area contributed by atoms with Crippen molar-refractivity contribution in [3.63, 3.8) is 0 Å². The molecule has 0 aromatic carbocycles. The van der Waals surface area contributed by atoms with Crippen LogP contribution in [0.4, 0.5) is 0 Å². The van der Waals surface area contributed by atoms with E-state index in [1.165, 1.54) is 12.3 Å². The highest BCUT2D eigenvalue weighted by Gasteiger charge is 2.21. The van der Waals surface area contributed by atoms with Gasteiger partial charge in [-0.1, -0.05) is 5.16 Å². The number of nitrogens with zero attached hydrogens (tertiary/aromatic N) is 1. The average molecular weight is 271 g/mol. The molecular weight excluding hydrogens is 258 g/mol. The van der Waals surface area contributed by atoms with Gasteiger partial charge in [0.15, 0.2) is 0 Å². The summed E-state index contributed by atoms with van der Waals surface area (Å²) in [5.74, 6) is 0.734. The molecule has 0 amide bonds. The zero-order valence-corrected chi connectivity index (χ0v) is 10.5. The fourth-order valence-corrected chi connectivity index (χ4v) is 2.67. The summed E-state index contributed by atoms with van der Waals surface area (Å²) < 4.78 is 36.2. The van der Waals surface area contributed by atoms with E-state index < -0.39 is 10.0 Å². The fourth-order valence-electron chi connectivity index (χ4n) is 1.47. The van der Waals surface area contributed by atoms with Crippen LogP contribution in [0.15, 0.2) is 32.2 Å². The van der Waals surface area contributed by atoms with Gasteiger partial charge in [0.1, 0.15) is 22.7 Å². The third kappa shape index (κ3) is 2.61. The van der Waals surface area contributed by atoms with E-state index in [1.54, 1.807) is 13.0 Å². The van der Waals surface area contributed by atoms with Gasteiger partial charge in [-0.3, -0.25) is 0 Å². The molecule has 2 aromatic heterocycles. The number of sulfonamides is 1. The topological polar surface area (TPSA) is 111 Å². The van der Waals surface area contributed by atoms with Crippen molar-refractivity contribution in [2.75, 3.05) is 0 Å². The molecule has 0 spiro atoms. The molecule has 0 fully saturated rings. The lowest BCUT2D eigenvalue weighted by Gasteiger charge is -2.02. The first-order valence-electron chi connectivity index (χ1n) is 5.21. The first kappa shape index (κ1) is 12.8. The Labute approximate surface area is 104 Å². The fraction of sp³-hybridized carbons (Fsp3) is 0.300. The van der Waals surface area contributed by atoms with Crippen LogP contribution >= 0.6 is 0 Å². The Morgan fingerprint density at radius 3 is 2.83 bits per heavy atom.